The molecule has 1 heterocycles. The number of halogens is 2. The van der Waals surface area contributed by atoms with Crippen molar-refractivity contribution in [2.45, 2.75) is 20.5 Å². The minimum atomic E-state index is -0.189. The van der Waals surface area contributed by atoms with Crippen molar-refractivity contribution in [3.8, 4) is 11.5 Å². The molecular weight excluding hydrogens is 628 g/mol. The monoisotopic (exact) mass is 650 g/mol. The minimum absolute atomic E-state index is 0.189. The van der Waals surface area contributed by atoms with Gasteiger partial charge < -0.3 is 14.8 Å². The number of amidine groups is 1. The van der Waals surface area contributed by atoms with Crippen molar-refractivity contribution in [3.63, 3.8) is 0 Å². The number of fused-ring (bicyclic) bond motifs is 1. The zero-order chi connectivity index (χ0) is 26.8. The van der Waals surface area contributed by atoms with Crippen LogP contribution in [0.2, 0.25) is 0 Å². The Hall–Kier alpha value is -3.07. The average molecular weight is 652 g/mol. The number of carbonyl (C=O) groups excluding carboxylic acids is 1. The Balaban J connectivity index is 1.37. The first-order valence-electron chi connectivity index (χ1n) is 11.9. The highest BCUT2D eigenvalue weighted by atomic mass is 79.9. The fourth-order valence-electron chi connectivity index (χ4n) is 4.27. The van der Waals surface area contributed by atoms with Crippen LogP contribution in [0.4, 0.5) is 5.69 Å². The predicted molar refractivity (Wildman–Crippen MR) is 163 cm³/mol. The lowest BCUT2D eigenvalue weighted by atomic mass is 10.1. The Morgan fingerprint density at radius 3 is 2.50 bits per heavy atom. The summed E-state index contributed by atoms with van der Waals surface area (Å²) in [4.78, 5) is 17.9. The maximum absolute atomic E-state index is 12.7. The first kappa shape index (κ1) is 26.5. The van der Waals surface area contributed by atoms with E-state index in [-0.39, 0.29) is 5.91 Å². The molecule has 8 heteroatoms. The smallest absolute Gasteiger partial charge is 0.264 e. The number of amides is 1. The topological polar surface area (TPSA) is 59.9 Å². The maximum Gasteiger partial charge on any atom is 0.264 e. The molecule has 0 aromatic heterocycles. The van der Waals surface area contributed by atoms with E-state index in [0.29, 0.717) is 28.2 Å². The number of thioether (sulfide) groups is 1. The molecule has 0 aliphatic carbocycles. The normalized spacial score (nSPS) is 15.3. The van der Waals surface area contributed by atoms with Crippen molar-refractivity contribution >= 4 is 77.2 Å². The van der Waals surface area contributed by atoms with E-state index in [0.717, 1.165) is 42.3 Å². The number of rotatable bonds is 6. The molecule has 0 unspecified atom stereocenters. The van der Waals surface area contributed by atoms with Crippen molar-refractivity contribution in [3.05, 3.63) is 103 Å². The summed E-state index contributed by atoms with van der Waals surface area (Å²) in [5.41, 5.74) is 4.87. The lowest BCUT2D eigenvalue weighted by Crippen LogP contribution is -2.19. The van der Waals surface area contributed by atoms with Crippen molar-refractivity contribution in [2.75, 3.05) is 7.11 Å². The van der Waals surface area contributed by atoms with Gasteiger partial charge in [0.25, 0.3) is 5.91 Å². The second-order valence-electron chi connectivity index (χ2n) is 8.84. The fourth-order valence-corrected chi connectivity index (χ4v) is 5.91. The van der Waals surface area contributed by atoms with Gasteiger partial charge >= 0.3 is 0 Å². The number of carbonyl (C=O) groups is 1. The van der Waals surface area contributed by atoms with E-state index < -0.39 is 0 Å². The summed E-state index contributed by atoms with van der Waals surface area (Å²) in [6.07, 6.45) is 1.82. The summed E-state index contributed by atoms with van der Waals surface area (Å²) >= 11 is 8.52. The Morgan fingerprint density at radius 1 is 1.00 bits per heavy atom. The van der Waals surface area contributed by atoms with Gasteiger partial charge in [-0.1, -0.05) is 58.4 Å². The number of hydrogen-bond acceptors (Lipinski definition) is 5. The number of hydrogen-bond donors (Lipinski definition) is 1. The number of aryl methyl sites for hydroxylation is 2. The second kappa shape index (κ2) is 11.4. The van der Waals surface area contributed by atoms with Crippen LogP contribution in [-0.2, 0) is 11.4 Å². The van der Waals surface area contributed by atoms with Gasteiger partial charge in [0.15, 0.2) is 16.7 Å². The van der Waals surface area contributed by atoms with Crippen LogP contribution in [0.5, 0.6) is 11.5 Å². The van der Waals surface area contributed by atoms with Gasteiger partial charge in [-0.05, 0) is 105 Å². The Labute approximate surface area is 242 Å². The number of nitrogens with one attached hydrogen (secondary N) is 1. The highest BCUT2D eigenvalue weighted by Crippen LogP contribution is 2.39. The number of aliphatic imine (C=N–C) groups is 1. The summed E-state index contributed by atoms with van der Waals surface area (Å²) in [6.45, 7) is 4.43. The van der Waals surface area contributed by atoms with Gasteiger partial charge in [0.05, 0.1) is 22.2 Å². The molecule has 0 bridgehead atoms. The molecule has 5 nitrogen and oxygen atoms in total. The number of ether oxygens (including phenoxy) is 2. The molecule has 0 atom stereocenters. The van der Waals surface area contributed by atoms with E-state index in [1.807, 2.05) is 62.4 Å². The van der Waals surface area contributed by atoms with Crippen LogP contribution < -0.4 is 14.8 Å². The average Bonchev–Trinajstić information content (AvgIpc) is 3.24. The summed E-state index contributed by atoms with van der Waals surface area (Å²) in [6, 6.07) is 22.2. The molecule has 5 rings (SSSR count). The summed E-state index contributed by atoms with van der Waals surface area (Å²) in [7, 11) is 1.60. The van der Waals surface area contributed by atoms with E-state index >= 15 is 0 Å². The summed E-state index contributed by atoms with van der Waals surface area (Å²) in [5, 5.41) is 5.73. The summed E-state index contributed by atoms with van der Waals surface area (Å²) in [5.74, 6) is 0.990. The fraction of sp³-hybridized carbons (Fsp3) is 0.133. The molecule has 4 aromatic rings. The van der Waals surface area contributed by atoms with Gasteiger partial charge in [-0.15, -0.1) is 0 Å². The van der Waals surface area contributed by atoms with Crippen LogP contribution in [0.3, 0.4) is 0 Å². The van der Waals surface area contributed by atoms with Crippen LogP contribution in [0, 0.1) is 13.8 Å². The van der Waals surface area contributed by atoms with E-state index in [2.05, 4.69) is 66.4 Å². The number of nitrogens with zero attached hydrogens (tertiary/aromatic N) is 1. The molecule has 1 aliphatic heterocycles. The molecule has 1 N–H and O–H groups in total. The number of benzene rings is 4. The predicted octanol–water partition coefficient (Wildman–Crippen LogP) is 8.46. The molecule has 0 radical (unpaired) electrons. The molecule has 192 valence electrons. The third-order valence-electron chi connectivity index (χ3n) is 6.10. The lowest BCUT2D eigenvalue weighted by Gasteiger charge is -2.15. The standard InChI is InChI=1S/C30H24Br2N2O3S/c1-17-11-22(12-18(2)27(17)32)33-30-34-29(35)26(38-30)15-19-13-24(31)28(25(14-19)36-3)37-16-21-9-6-8-20-7-4-5-10-23(20)21/h4-15H,16H2,1-3H3,(H,33,34,35)/b26-15+. The van der Waals surface area contributed by atoms with Crippen LogP contribution in [0.1, 0.15) is 22.3 Å². The first-order chi connectivity index (χ1) is 18.3. The second-order valence-corrected chi connectivity index (χ2v) is 11.5. The molecule has 38 heavy (non-hydrogen) atoms. The van der Waals surface area contributed by atoms with Gasteiger partial charge in [-0.3, -0.25) is 4.79 Å². The van der Waals surface area contributed by atoms with E-state index in [9.17, 15) is 4.79 Å². The van der Waals surface area contributed by atoms with Gasteiger partial charge in [0.1, 0.15) is 6.61 Å². The zero-order valence-electron chi connectivity index (χ0n) is 21.0. The first-order valence-corrected chi connectivity index (χ1v) is 14.3. The number of methoxy groups -OCH3 is 1. The molecule has 0 spiro atoms. The van der Waals surface area contributed by atoms with Gasteiger partial charge in [0.2, 0.25) is 0 Å². The van der Waals surface area contributed by atoms with Crippen LogP contribution in [-0.4, -0.2) is 18.2 Å². The highest BCUT2D eigenvalue weighted by Gasteiger charge is 2.24. The minimum Gasteiger partial charge on any atom is -0.493 e. The van der Waals surface area contributed by atoms with E-state index in [1.54, 1.807) is 7.11 Å². The molecule has 1 amide bonds. The third kappa shape index (κ3) is 5.67. The van der Waals surface area contributed by atoms with E-state index in [1.165, 1.54) is 17.1 Å². The third-order valence-corrected chi connectivity index (χ3v) is 8.85. The van der Waals surface area contributed by atoms with Crippen molar-refractivity contribution < 1.29 is 14.3 Å². The van der Waals surface area contributed by atoms with Crippen LogP contribution >= 0.6 is 43.6 Å². The molecule has 1 saturated heterocycles. The quantitative estimate of drug-likeness (QED) is 0.213. The van der Waals surface area contributed by atoms with E-state index in [4.69, 9.17) is 9.47 Å². The largest absolute Gasteiger partial charge is 0.493 e. The maximum atomic E-state index is 12.7. The van der Waals surface area contributed by atoms with Gasteiger partial charge in [-0.2, -0.15) is 0 Å². The van der Waals surface area contributed by atoms with Crippen molar-refractivity contribution in [1.29, 1.82) is 0 Å². The Morgan fingerprint density at radius 2 is 1.74 bits per heavy atom. The highest BCUT2D eigenvalue weighted by molar-refractivity contribution is 9.10. The van der Waals surface area contributed by atoms with Crippen LogP contribution in [0.15, 0.2) is 85.6 Å². The molecule has 0 saturated carbocycles. The Kier molecular flexibility index (Phi) is 7.93. The molecular formula is C30H24Br2N2O3S. The van der Waals surface area contributed by atoms with Gasteiger partial charge in [0, 0.05) is 4.47 Å². The van der Waals surface area contributed by atoms with Crippen molar-refractivity contribution in [2.24, 2.45) is 4.99 Å². The Bertz CT molecular complexity index is 1600. The SMILES string of the molecule is COc1cc(/C=C2/SC(=Nc3cc(C)c(Br)c(C)c3)NC2=O)cc(Br)c1OCc1cccc2ccccc12. The molecule has 4 aromatic carbocycles. The molecule has 1 fully saturated rings. The van der Waals surface area contributed by atoms with Crippen molar-refractivity contribution in [1.82, 2.24) is 5.32 Å². The molecule has 1 aliphatic rings. The van der Waals surface area contributed by atoms with Crippen LogP contribution in [0.25, 0.3) is 16.8 Å². The lowest BCUT2D eigenvalue weighted by molar-refractivity contribution is -0.115. The summed E-state index contributed by atoms with van der Waals surface area (Å²) < 4.78 is 13.7. The zero-order valence-corrected chi connectivity index (χ0v) is 25.0. The van der Waals surface area contributed by atoms with Gasteiger partial charge in [-0.25, -0.2) is 4.99 Å².